The quantitative estimate of drug-likeness (QED) is 0.197. The van der Waals surface area contributed by atoms with E-state index in [9.17, 15) is 9.59 Å². The number of nitrogens with two attached hydrogens (primary N) is 3. The van der Waals surface area contributed by atoms with Crippen LogP contribution in [0.3, 0.4) is 0 Å². The molecule has 1 fully saturated rings. The lowest BCUT2D eigenvalue weighted by molar-refractivity contribution is -0.149. The molecule has 1 aliphatic heterocycles. The average molecular weight is 689 g/mol. The number of hydrogen-bond acceptors (Lipinski definition) is 6. The van der Waals surface area contributed by atoms with Gasteiger partial charge >= 0.3 is 0 Å². The summed E-state index contributed by atoms with van der Waals surface area (Å²) in [5, 5.41) is 5.31. The van der Waals surface area contributed by atoms with Crippen LogP contribution >= 0.6 is 46.4 Å². The number of halogens is 4. The Balaban J connectivity index is 1.82. The molecule has 0 saturated carbocycles. The molecule has 44 heavy (non-hydrogen) atoms. The van der Waals surface area contributed by atoms with Crippen molar-refractivity contribution in [1.82, 2.24) is 15.1 Å². The minimum Gasteiger partial charge on any atom is -0.335 e. The van der Waals surface area contributed by atoms with Crippen LogP contribution in [0.25, 0.3) is 0 Å². The molecule has 244 valence electrons. The molecule has 7 N–H and O–H groups in total. The third-order valence-electron chi connectivity index (χ3n) is 8.01. The zero-order valence-corrected chi connectivity index (χ0v) is 28.6. The van der Waals surface area contributed by atoms with Crippen LogP contribution in [0.5, 0.6) is 0 Å². The van der Waals surface area contributed by atoms with Gasteiger partial charge in [0.1, 0.15) is 0 Å². The van der Waals surface area contributed by atoms with Gasteiger partial charge in [0.15, 0.2) is 0 Å². The van der Waals surface area contributed by atoms with Gasteiger partial charge in [-0.25, -0.2) is 0 Å². The third kappa shape index (κ3) is 10.7. The van der Waals surface area contributed by atoms with Crippen molar-refractivity contribution in [1.29, 1.82) is 0 Å². The first-order valence-electron chi connectivity index (χ1n) is 15.3. The van der Waals surface area contributed by atoms with E-state index in [0.717, 1.165) is 49.9 Å². The van der Waals surface area contributed by atoms with E-state index in [1.807, 2.05) is 9.80 Å². The average Bonchev–Trinajstić information content (AvgIpc) is 2.97. The van der Waals surface area contributed by atoms with Crippen LogP contribution in [0.2, 0.25) is 20.1 Å². The highest BCUT2D eigenvalue weighted by molar-refractivity contribution is 6.35. The number of amides is 2. The Morgan fingerprint density at radius 3 is 1.80 bits per heavy atom. The van der Waals surface area contributed by atoms with Crippen LogP contribution < -0.4 is 22.5 Å². The summed E-state index contributed by atoms with van der Waals surface area (Å²) in [5.41, 5.74) is 20.2. The molecule has 3 rings (SSSR count). The second-order valence-electron chi connectivity index (χ2n) is 12.0. The second-order valence-corrected chi connectivity index (χ2v) is 13.7. The minimum atomic E-state index is -0.793. The van der Waals surface area contributed by atoms with Gasteiger partial charge in [-0.3, -0.25) is 9.59 Å². The van der Waals surface area contributed by atoms with Crippen molar-refractivity contribution >= 4 is 58.2 Å². The lowest BCUT2D eigenvalue weighted by atomic mass is 9.93. The van der Waals surface area contributed by atoms with Crippen LogP contribution in [-0.4, -0.2) is 78.5 Å². The molecule has 2 aromatic carbocycles. The maximum Gasteiger partial charge on any atom is 0.240 e. The summed E-state index contributed by atoms with van der Waals surface area (Å²) in [6, 6.07) is 8.40. The van der Waals surface area contributed by atoms with Gasteiger partial charge in [-0.15, -0.1) is 0 Å². The van der Waals surface area contributed by atoms with Gasteiger partial charge in [-0.2, -0.15) is 0 Å². The third-order valence-corrected chi connectivity index (χ3v) is 9.19. The second kappa shape index (κ2) is 17.9. The molecule has 0 radical (unpaired) electrons. The van der Waals surface area contributed by atoms with Crippen molar-refractivity contribution in [2.75, 3.05) is 32.7 Å². The highest BCUT2D eigenvalue weighted by Gasteiger charge is 2.41. The van der Waals surface area contributed by atoms with E-state index < -0.39 is 12.1 Å². The molecule has 2 aromatic rings. The summed E-state index contributed by atoms with van der Waals surface area (Å²) in [5.74, 6) is -0.0121. The minimum absolute atomic E-state index is 0.152. The molecule has 0 aromatic heterocycles. The first-order valence-corrected chi connectivity index (χ1v) is 16.8. The number of carbonyl (C=O) groups excluding carboxylic acids is 2. The van der Waals surface area contributed by atoms with Gasteiger partial charge in [0.05, 0.1) is 12.1 Å². The zero-order valence-electron chi connectivity index (χ0n) is 25.6. The summed E-state index contributed by atoms with van der Waals surface area (Å²) in [6.07, 6.45) is 3.80. The van der Waals surface area contributed by atoms with E-state index >= 15 is 0 Å². The van der Waals surface area contributed by atoms with E-state index in [-0.39, 0.29) is 36.7 Å². The van der Waals surface area contributed by atoms with Gasteiger partial charge in [0.25, 0.3) is 0 Å². The monoisotopic (exact) mass is 686 g/mol. The Morgan fingerprint density at radius 2 is 1.32 bits per heavy atom. The molecular formula is C32H46Cl4N6O2. The number of unbranched alkanes of at least 4 members (excludes halogenated alkanes) is 1. The first kappa shape index (κ1) is 36.8. The molecule has 4 atom stereocenters. The van der Waals surface area contributed by atoms with Crippen molar-refractivity contribution in [3.63, 3.8) is 0 Å². The SMILES string of the molecule is CC(C)C[C@@H]1CN(C(=O)C(N)Cc2ccc(Cl)cc2Cl)[C@@H](CCCCNCCN)CN1C(=O)C(N)Cc1ccc(Cl)cc1Cl. The molecular weight excluding hydrogens is 642 g/mol. The van der Waals surface area contributed by atoms with Gasteiger partial charge in [0.2, 0.25) is 11.8 Å². The van der Waals surface area contributed by atoms with E-state index in [4.69, 9.17) is 63.6 Å². The summed E-state index contributed by atoms with van der Waals surface area (Å²) in [6.45, 7) is 7.15. The molecule has 1 aliphatic rings. The number of piperazine rings is 1. The molecule has 8 nitrogen and oxygen atoms in total. The smallest absolute Gasteiger partial charge is 0.240 e. The largest absolute Gasteiger partial charge is 0.335 e. The maximum atomic E-state index is 14.0. The van der Waals surface area contributed by atoms with Crippen LogP contribution in [0.1, 0.15) is 50.7 Å². The molecule has 2 unspecified atom stereocenters. The number of nitrogens with zero attached hydrogens (tertiary/aromatic N) is 2. The van der Waals surface area contributed by atoms with Crippen LogP contribution in [-0.2, 0) is 22.4 Å². The number of nitrogens with one attached hydrogen (secondary N) is 1. The fourth-order valence-electron chi connectivity index (χ4n) is 5.79. The molecule has 0 aliphatic carbocycles. The molecule has 0 bridgehead atoms. The lowest BCUT2D eigenvalue weighted by Gasteiger charge is -2.48. The molecule has 1 saturated heterocycles. The standard InChI is InChI=1S/C32H46Cl4N6O2/c1-20(2)13-26-19-41(31(43)29(38)14-21-6-8-23(33)16-27(21)35)25(5-3-4-11-40-12-10-37)18-42(26)32(44)30(39)15-22-7-9-24(34)17-28(22)36/h6-9,16-17,20,25-26,29-30,40H,3-5,10-15,18-19,37-39H2,1-2H3/t25-,26+,29?,30?/m0/s1. The van der Waals surface area contributed by atoms with Crippen LogP contribution in [0.15, 0.2) is 36.4 Å². The van der Waals surface area contributed by atoms with E-state index in [2.05, 4.69) is 19.2 Å². The summed E-state index contributed by atoms with van der Waals surface area (Å²) in [4.78, 5) is 31.7. The lowest BCUT2D eigenvalue weighted by Crippen LogP contribution is -2.65. The molecule has 0 spiro atoms. The molecule has 12 heteroatoms. The highest BCUT2D eigenvalue weighted by Crippen LogP contribution is 2.28. The predicted octanol–water partition coefficient (Wildman–Crippen LogP) is 4.91. The fourth-order valence-corrected chi connectivity index (χ4v) is 6.76. The summed E-state index contributed by atoms with van der Waals surface area (Å²) < 4.78 is 0. The van der Waals surface area contributed by atoms with Crippen molar-refractivity contribution < 1.29 is 9.59 Å². The number of rotatable bonds is 15. The Hall–Kier alpha value is -1.62. The normalized spacial score (nSPS) is 18.5. The number of carbonyl (C=O) groups is 2. The Labute approximate surface area is 281 Å². The van der Waals surface area contributed by atoms with Gasteiger partial charge in [0, 0.05) is 58.4 Å². The van der Waals surface area contributed by atoms with Crippen molar-refractivity contribution in [3.8, 4) is 0 Å². The highest BCUT2D eigenvalue weighted by atomic mass is 35.5. The van der Waals surface area contributed by atoms with E-state index in [1.165, 1.54) is 0 Å². The van der Waals surface area contributed by atoms with Crippen molar-refractivity contribution in [2.24, 2.45) is 23.1 Å². The van der Waals surface area contributed by atoms with Crippen molar-refractivity contribution in [2.45, 2.75) is 76.5 Å². The van der Waals surface area contributed by atoms with Gasteiger partial charge in [-0.1, -0.05) is 78.8 Å². The van der Waals surface area contributed by atoms with Crippen LogP contribution in [0.4, 0.5) is 0 Å². The van der Waals surface area contributed by atoms with Gasteiger partial charge < -0.3 is 32.3 Å². The van der Waals surface area contributed by atoms with Gasteiger partial charge in [-0.05, 0) is 80.0 Å². The predicted molar refractivity (Wildman–Crippen MR) is 183 cm³/mol. The fraction of sp³-hybridized carbons (Fsp3) is 0.562. The topological polar surface area (TPSA) is 131 Å². The van der Waals surface area contributed by atoms with Crippen molar-refractivity contribution in [3.05, 3.63) is 67.6 Å². The zero-order chi connectivity index (χ0) is 32.4. The Morgan fingerprint density at radius 1 is 0.818 bits per heavy atom. The first-order chi connectivity index (χ1) is 20.9. The van der Waals surface area contributed by atoms with Crippen LogP contribution in [0, 0.1) is 5.92 Å². The summed E-state index contributed by atoms with van der Waals surface area (Å²) >= 11 is 24.9. The number of hydrogen-bond donors (Lipinski definition) is 4. The maximum absolute atomic E-state index is 14.0. The summed E-state index contributed by atoms with van der Waals surface area (Å²) in [7, 11) is 0. The van der Waals surface area contributed by atoms with E-state index in [0.29, 0.717) is 45.6 Å². The molecule has 2 amide bonds. The Bertz CT molecular complexity index is 1250. The molecule has 1 heterocycles. The number of benzene rings is 2. The Kier molecular flexibility index (Phi) is 15.0. The van der Waals surface area contributed by atoms with E-state index in [1.54, 1.807) is 36.4 Å².